The molecular formula is C15H26ClN5O4. The Morgan fingerprint density at radius 1 is 1.40 bits per heavy atom. The van der Waals surface area contributed by atoms with Gasteiger partial charge in [0.15, 0.2) is 5.82 Å². The molecule has 1 aliphatic heterocycles. The number of amides is 3. The first kappa shape index (κ1) is 21.0. The van der Waals surface area contributed by atoms with Crippen LogP contribution in [-0.4, -0.2) is 52.9 Å². The van der Waals surface area contributed by atoms with Crippen molar-refractivity contribution in [3.05, 3.63) is 6.07 Å². The van der Waals surface area contributed by atoms with Crippen LogP contribution in [0, 0.1) is 5.92 Å². The van der Waals surface area contributed by atoms with Crippen molar-refractivity contribution in [2.24, 2.45) is 11.7 Å². The Morgan fingerprint density at radius 3 is 2.72 bits per heavy atom. The summed E-state index contributed by atoms with van der Waals surface area (Å²) in [4.78, 5) is 24.9. The molecule has 2 atom stereocenters. The van der Waals surface area contributed by atoms with Gasteiger partial charge in [-0.05, 0) is 19.3 Å². The second kappa shape index (κ2) is 9.47. The van der Waals surface area contributed by atoms with E-state index >= 15 is 0 Å². The smallest absolute Gasteiger partial charge is 0.341 e. The third-order valence-electron chi connectivity index (χ3n) is 4.07. The predicted molar refractivity (Wildman–Crippen MR) is 94.4 cm³/mol. The van der Waals surface area contributed by atoms with Gasteiger partial charge in [-0.25, -0.2) is 14.8 Å². The quantitative estimate of drug-likeness (QED) is 0.784. The second-order valence-electron chi connectivity index (χ2n) is 5.74. The number of carbonyl (C=O) groups excluding carboxylic acids is 2. The molecule has 0 spiro atoms. The SMILES string of the molecule is CCOc1cc(NC(=O)N2CCCN2C(=O)C(N)C(C)CC)no1.Cl. The maximum Gasteiger partial charge on any atom is 0.341 e. The number of hydrogen-bond acceptors (Lipinski definition) is 6. The van der Waals surface area contributed by atoms with Gasteiger partial charge in [-0.3, -0.25) is 10.1 Å². The third-order valence-corrected chi connectivity index (χ3v) is 4.07. The molecule has 9 nitrogen and oxygen atoms in total. The summed E-state index contributed by atoms with van der Waals surface area (Å²) < 4.78 is 10.1. The van der Waals surface area contributed by atoms with Gasteiger partial charge in [-0.2, -0.15) is 0 Å². The van der Waals surface area contributed by atoms with Gasteiger partial charge < -0.3 is 15.0 Å². The van der Waals surface area contributed by atoms with E-state index in [-0.39, 0.29) is 36.0 Å². The van der Waals surface area contributed by atoms with E-state index in [0.717, 1.165) is 6.42 Å². The largest absolute Gasteiger partial charge is 0.464 e. The zero-order chi connectivity index (χ0) is 17.7. The monoisotopic (exact) mass is 375 g/mol. The van der Waals surface area contributed by atoms with Crippen LogP contribution >= 0.6 is 12.4 Å². The van der Waals surface area contributed by atoms with E-state index in [1.165, 1.54) is 16.1 Å². The Kier molecular flexibility index (Phi) is 7.98. The number of anilines is 1. The fraction of sp³-hybridized carbons (Fsp3) is 0.667. The predicted octanol–water partition coefficient (Wildman–Crippen LogP) is 1.85. The maximum atomic E-state index is 12.5. The maximum absolute atomic E-state index is 12.5. The van der Waals surface area contributed by atoms with Crippen molar-refractivity contribution >= 4 is 30.2 Å². The molecule has 2 rings (SSSR count). The number of halogens is 1. The summed E-state index contributed by atoms with van der Waals surface area (Å²) >= 11 is 0. The average Bonchev–Trinajstić information content (AvgIpc) is 3.22. The number of aromatic nitrogens is 1. The van der Waals surface area contributed by atoms with Crippen LogP contribution in [0.25, 0.3) is 0 Å². The van der Waals surface area contributed by atoms with Crippen molar-refractivity contribution in [2.45, 2.75) is 39.7 Å². The molecule has 1 aromatic rings. The summed E-state index contributed by atoms with van der Waals surface area (Å²) in [5, 5.41) is 9.08. The average molecular weight is 376 g/mol. The van der Waals surface area contributed by atoms with Gasteiger partial charge in [-0.1, -0.05) is 25.4 Å². The van der Waals surface area contributed by atoms with Crippen LogP contribution in [0.15, 0.2) is 10.6 Å². The van der Waals surface area contributed by atoms with Crippen molar-refractivity contribution in [1.29, 1.82) is 0 Å². The third kappa shape index (κ3) is 4.99. The van der Waals surface area contributed by atoms with Crippen LogP contribution in [0.1, 0.15) is 33.6 Å². The number of nitrogens with zero attached hydrogens (tertiary/aromatic N) is 3. The number of urea groups is 1. The number of nitrogens with two attached hydrogens (primary N) is 1. The van der Waals surface area contributed by atoms with Crippen LogP contribution in [-0.2, 0) is 4.79 Å². The first-order valence-corrected chi connectivity index (χ1v) is 8.22. The van der Waals surface area contributed by atoms with Gasteiger partial charge in [-0.15, -0.1) is 12.4 Å². The minimum absolute atomic E-state index is 0. The van der Waals surface area contributed by atoms with Crippen molar-refractivity contribution < 1.29 is 18.8 Å². The number of nitrogens with one attached hydrogen (secondary N) is 1. The summed E-state index contributed by atoms with van der Waals surface area (Å²) in [7, 11) is 0. The zero-order valence-electron chi connectivity index (χ0n) is 14.7. The lowest BCUT2D eigenvalue weighted by atomic mass is 9.99. The summed E-state index contributed by atoms with van der Waals surface area (Å²) in [5.41, 5.74) is 6.01. The van der Waals surface area contributed by atoms with E-state index in [1.54, 1.807) is 0 Å². The van der Waals surface area contributed by atoms with Gasteiger partial charge in [0.25, 0.3) is 5.91 Å². The van der Waals surface area contributed by atoms with Crippen LogP contribution in [0.3, 0.4) is 0 Å². The van der Waals surface area contributed by atoms with E-state index in [2.05, 4.69) is 10.5 Å². The van der Waals surface area contributed by atoms with Gasteiger partial charge >= 0.3 is 12.0 Å². The minimum atomic E-state index is -0.625. The van der Waals surface area contributed by atoms with E-state index in [4.69, 9.17) is 15.0 Å². The van der Waals surface area contributed by atoms with Crippen LogP contribution in [0.4, 0.5) is 10.6 Å². The van der Waals surface area contributed by atoms with Crippen molar-refractivity contribution in [1.82, 2.24) is 15.2 Å². The number of carbonyl (C=O) groups is 2. The first-order chi connectivity index (χ1) is 11.5. The van der Waals surface area contributed by atoms with Gasteiger partial charge in [0, 0.05) is 13.1 Å². The van der Waals surface area contributed by atoms with Crippen molar-refractivity contribution in [2.75, 3.05) is 25.0 Å². The van der Waals surface area contributed by atoms with Crippen molar-refractivity contribution in [3.8, 4) is 5.95 Å². The normalized spacial score (nSPS) is 16.2. The van der Waals surface area contributed by atoms with Gasteiger partial charge in [0.1, 0.15) is 0 Å². The molecule has 0 aromatic carbocycles. The molecule has 1 fully saturated rings. The highest BCUT2D eigenvalue weighted by Gasteiger charge is 2.35. The summed E-state index contributed by atoms with van der Waals surface area (Å²) in [5.74, 6) is 0.259. The highest BCUT2D eigenvalue weighted by molar-refractivity contribution is 5.91. The molecule has 0 bridgehead atoms. The molecule has 0 saturated carbocycles. The molecule has 1 aliphatic rings. The van der Waals surface area contributed by atoms with Crippen LogP contribution in [0.2, 0.25) is 0 Å². The molecular weight excluding hydrogens is 350 g/mol. The lowest BCUT2D eigenvalue weighted by Gasteiger charge is -2.31. The lowest BCUT2D eigenvalue weighted by molar-refractivity contribution is -0.142. The second-order valence-corrected chi connectivity index (χ2v) is 5.74. The number of ether oxygens (including phenoxy) is 1. The Labute approximate surface area is 153 Å². The number of rotatable bonds is 6. The summed E-state index contributed by atoms with van der Waals surface area (Å²) in [6, 6.07) is 0.405. The molecule has 3 N–H and O–H groups in total. The molecule has 3 amide bonds. The topological polar surface area (TPSA) is 114 Å². The number of hydrazine groups is 1. The summed E-state index contributed by atoms with van der Waals surface area (Å²) in [6.45, 7) is 7.07. The minimum Gasteiger partial charge on any atom is -0.464 e. The first-order valence-electron chi connectivity index (χ1n) is 8.22. The van der Waals surface area contributed by atoms with E-state index in [0.29, 0.717) is 26.1 Å². The van der Waals surface area contributed by atoms with E-state index < -0.39 is 12.1 Å². The van der Waals surface area contributed by atoms with E-state index in [1.807, 2.05) is 20.8 Å². The summed E-state index contributed by atoms with van der Waals surface area (Å²) in [6.07, 6.45) is 1.50. The molecule has 1 aromatic heterocycles. The lowest BCUT2D eigenvalue weighted by Crippen LogP contribution is -2.53. The van der Waals surface area contributed by atoms with Gasteiger partial charge in [0.05, 0.1) is 18.7 Å². The Bertz CT molecular complexity index is 582. The molecule has 10 heteroatoms. The highest BCUT2D eigenvalue weighted by atomic mass is 35.5. The van der Waals surface area contributed by atoms with Crippen molar-refractivity contribution in [3.63, 3.8) is 0 Å². The molecule has 0 aliphatic carbocycles. The van der Waals surface area contributed by atoms with Crippen LogP contribution in [0.5, 0.6) is 5.95 Å². The van der Waals surface area contributed by atoms with Crippen LogP contribution < -0.4 is 15.8 Å². The molecule has 0 radical (unpaired) electrons. The Morgan fingerprint density at radius 2 is 2.08 bits per heavy atom. The fourth-order valence-electron chi connectivity index (χ4n) is 2.42. The highest BCUT2D eigenvalue weighted by Crippen LogP contribution is 2.19. The fourth-order valence-corrected chi connectivity index (χ4v) is 2.42. The van der Waals surface area contributed by atoms with Gasteiger partial charge in [0.2, 0.25) is 0 Å². The molecule has 2 heterocycles. The molecule has 1 saturated heterocycles. The zero-order valence-corrected chi connectivity index (χ0v) is 15.5. The molecule has 25 heavy (non-hydrogen) atoms. The Hall–Kier alpha value is -2.00. The molecule has 142 valence electrons. The Balaban J connectivity index is 0.00000312. The number of hydrogen-bond donors (Lipinski definition) is 2. The molecule has 2 unspecified atom stereocenters. The van der Waals surface area contributed by atoms with E-state index in [9.17, 15) is 9.59 Å². The standard InChI is InChI=1S/C15H25N5O4.ClH/c1-4-10(3)13(16)14(21)19-7-6-8-20(19)15(22)17-11-9-12(23-5-2)24-18-11;/h9-10,13H,4-8,16H2,1-3H3,(H,17,18,22);1H.